The lowest BCUT2D eigenvalue weighted by atomic mass is 10.0. The second kappa shape index (κ2) is 10.1. The Bertz CT molecular complexity index is 1570. The number of anilines is 1. The first-order valence-corrected chi connectivity index (χ1v) is 13.1. The lowest BCUT2D eigenvalue weighted by Crippen LogP contribution is -2.54. The molecule has 1 atom stereocenters. The molecule has 1 saturated heterocycles. The predicted molar refractivity (Wildman–Crippen MR) is 136 cm³/mol. The topological polar surface area (TPSA) is 58.4 Å². The van der Waals surface area contributed by atoms with Crippen LogP contribution in [0, 0.1) is 17.5 Å². The number of rotatable bonds is 3. The monoisotopic (exact) mass is 588 g/mol. The van der Waals surface area contributed by atoms with Crippen LogP contribution in [0.4, 0.5) is 32.2 Å². The van der Waals surface area contributed by atoms with Crippen molar-refractivity contribution in [3.8, 4) is 11.1 Å². The molecule has 2 aromatic carbocycles. The van der Waals surface area contributed by atoms with Crippen molar-refractivity contribution in [3.05, 3.63) is 63.3 Å². The summed E-state index contributed by atoms with van der Waals surface area (Å²) in [6, 6.07) is 2.10. The number of carbonyl (C=O) groups is 1. The standard InChI is InChI=1S/C25H19ClF6N4O2S/c1-12-11-34(18(37)2-3-25(30,31)32)4-5-35(12)23-14-10-15(26)19(20-16(28)8-13(27)9-17(20)29)22-21(14)36(6-7-39-22)24(38)33-23/h2-3,8-10,12H,4-7,11H2,1H3/b3-2+/t12-/m0/s1. The Kier molecular flexibility index (Phi) is 7.08. The molecule has 5 rings (SSSR count). The minimum absolute atomic E-state index is 0.00548. The molecule has 39 heavy (non-hydrogen) atoms. The zero-order valence-corrected chi connectivity index (χ0v) is 21.7. The third-order valence-corrected chi connectivity index (χ3v) is 7.97. The van der Waals surface area contributed by atoms with Crippen molar-refractivity contribution in [1.82, 2.24) is 14.5 Å². The Labute approximate surface area is 226 Å². The van der Waals surface area contributed by atoms with Gasteiger partial charge in [-0.15, -0.1) is 11.8 Å². The molecular formula is C25H19ClF6N4O2S. The van der Waals surface area contributed by atoms with Gasteiger partial charge in [-0.1, -0.05) is 11.6 Å². The van der Waals surface area contributed by atoms with E-state index in [4.69, 9.17) is 11.6 Å². The summed E-state index contributed by atoms with van der Waals surface area (Å²) >= 11 is 7.82. The summed E-state index contributed by atoms with van der Waals surface area (Å²) in [5.74, 6) is -3.55. The number of amides is 1. The highest BCUT2D eigenvalue weighted by molar-refractivity contribution is 7.99. The van der Waals surface area contributed by atoms with Crippen molar-refractivity contribution in [1.29, 1.82) is 0 Å². The summed E-state index contributed by atoms with van der Waals surface area (Å²) in [6.45, 7) is 2.29. The van der Waals surface area contributed by atoms with Gasteiger partial charge in [0.05, 0.1) is 16.1 Å². The number of thioether (sulfide) groups is 1. The Morgan fingerprint density at radius 2 is 1.79 bits per heavy atom. The quantitative estimate of drug-likeness (QED) is 0.303. The van der Waals surface area contributed by atoms with Crippen LogP contribution in [-0.2, 0) is 11.3 Å². The molecule has 0 aliphatic carbocycles. The fourth-order valence-electron chi connectivity index (χ4n) is 4.93. The van der Waals surface area contributed by atoms with Crippen molar-refractivity contribution >= 4 is 46.0 Å². The molecule has 206 valence electrons. The number of piperazine rings is 1. The highest BCUT2D eigenvalue weighted by atomic mass is 35.5. The highest BCUT2D eigenvalue weighted by Gasteiger charge is 2.33. The van der Waals surface area contributed by atoms with Crippen molar-refractivity contribution in [2.45, 2.75) is 30.6 Å². The van der Waals surface area contributed by atoms with Crippen molar-refractivity contribution < 1.29 is 31.1 Å². The van der Waals surface area contributed by atoms with Gasteiger partial charge >= 0.3 is 11.9 Å². The summed E-state index contributed by atoms with van der Waals surface area (Å²) in [4.78, 5) is 33.0. The van der Waals surface area contributed by atoms with Crippen LogP contribution in [0.25, 0.3) is 22.0 Å². The molecule has 1 amide bonds. The van der Waals surface area contributed by atoms with Crippen LogP contribution in [0.3, 0.4) is 0 Å². The summed E-state index contributed by atoms with van der Waals surface area (Å²) in [5.41, 5.74) is -0.764. The van der Waals surface area contributed by atoms with Crippen LogP contribution in [0.1, 0.15) is 6.92 Å². The molecule has 14 heteroatoms. The maximum atomic E-state index is 14.8. The van der Waals surface area contributed by atoms with Gasteiger partial charge < -0.3 is 9.80 Å². The highest BCUT2D eigenvalue weighted by Crippen LogP contribution is 2.47. The molecule has 3 aromatic rings. The van der Waals surface area contributed by atoms with E-state index in [0.29, 0.717) is 39.8 Å². The number of carbonyl (C=O) groups excluding carboxylic acids is 1. The maximum Gasteiger partial charge on any atom is 0.409 e. The largest absolute Gasteiger partial charge is 0.409 e. The van der Waals surface area contributed by atoms with E-state index >= 15 is 0 Å². The van der Waals surface area contributed by atoms with E-state index in [-0.39, 0.29) is 48.7 Å². The summed E-state index contributed by atoms with van der Waals surface area (Å²) in [7, 11) is 0. The zero-order chi connectivity index (χ0) is 28.2. The van der Waals surface area contributed by atoms with E-state index in [9.17, 15) is 35.9 Å². The molecule has 0 N–H and O–H groups in total. The summed E-state index contributed by atoms with van der Waals surface area (Å²) in [6.07, 6.45) is -4.26. The van der Waals surface area contributed by atoms with Gasteiger partial charge in [0.1, 0.15) is 23.3 Å². The number of hydrogen-bond acceptors (Lipinski definition) is 5. The predicted octanol–water partition coefficient (Wildman–Crippen LogP) is 5.40. The third-order valence-electron chi connectivity index (χ3n) is 6.59. The Morgan fingerprint density at radius 1 is 1.10 bits per heavy atom. The van der Waals surface area contributed by atoms with E-state index in [0.717, 1.165) is 0 Å². The second-order valence-electron chi connectivity index (χ2n) is 9.12. The zero-order valence-electron chi connectivity index (χ0n) is 20.2. The normalized spacial score (nSPS) is 17.9. The second-order valence-corrected chi connectivity index (χ2v) is 10.6. The van der Waals surface area contributed by atoms with Gasteiger partial charge in [-0.05, 0) is 13.0 Å². The van der Waals surface area contributed by atoms with Crippen molar-refractivity contribution in [2.75, 3.05) is 30.3 Å². The van der Waals surface area contributed by atoms with Gasteiger partial charge in [0, 0.05) is 78.1 Å². The third kappa shape index (κ3) is 5.09. The van der Waals surface area contributed by atoms with Crippen LogP contribution in [-0.4, -0.2) is 58.0 Å². The fourth-order valence-corrected chi connectivity index (χ4v) is 6.47. The molecule has 3 heterocycles. The van der Waals surface area contributed by atoms with Crippen LogP contribution in [0.5, 0.6) is 0 Å². The van der Waals surface area contributed by atoms with Crippen molar-refractivity contribution in [3.63, 3.8) is 0 Å². The van der Waals surface area contributed by atoms with Crippen LogP contribution < -0.4 is 10.6 Å². The number of hydrogen-bond donors (Lipinski definition) is 0. The first-order chi connectivity index (χ1) is 18.4. The molecule has 0 radical (unpaired) electrons. The number of aryl methyl sites for hydroxylation is 1. The number of allylic oxidation sites excluding steroid dienone is 1. The van der Waals surface area contributed by atoms with Gasteiger partial charge in [0.25, 0.3) is 0 Å². The van der Waals surface area contributed by atoms with E-state index in [1.54, 1.807) is 11.8 Å². The number of benzene rings is 2. The van der Waals surface area contributed by atoms with Gasteiger partial charge in [0.15, 0.2) is 0 Å². The fraction of sp³-hybridized carbons (Fsp3) is 0.320. The summed E-state index contributed by atoms with van der Waals surface area (Å²) < 4.78 is 82.0. The summed E-state index contributed by atoms with van der Waals surface area (Å²) in [5, 5.41) is 0.389. The van der Waals surface area contributed by atoms with Gasteiger partial charge in [0.2, 0.25) is 5.91 Å². The average Bonchev–Trinajstić information content (AvgIpc) is 2.85. The Morgan fingerprint density at radius 3 is 2.44 bits per heavy atom. The SMILES string of the molecule is C[C@H]1CN(C(=O)/C=C/C(F)(F)F)CCN1c1nc(=O)n2c3c(c(-c4c(F)cc(F)cc4F)c(Cl)cc13)SCC2. The number of halogens is 7. The van der Waals surface area contributed by atoms with E-state index in [1.807, 2.05) is 0 Å². The molecule has 0 spiro atoms. The first-order valence-electron chi connectivity index (χ1n) is 11.7. The number of nitrogens with zero attached hydrogens (tertiary/aromatic N) is 4. The number of alkyl halides is 3. The van der Waals surface area contributed by atoms with Crippen molar-refractivity contribution in [2.24, 2.45) is 0 Å². The Hall–Kier alpha value is -3.19. The molecule has 6 nitrogen and oxygen atoms in total. The first kappa shape index (κ1) is 27.4. The van der Waals surface area contributed by atoms with Crippen LogP contribution >= 0.6 is 23.4 Å². The lowest BCUT2D eigenvalue weighted by molar-refractivity contribution is -0.127. The average molecular weight is 589 g/mol. The maximum absolute atomic E-state index is 14.8. The smallest absolute Gasteiger partial charge is 0.350 e. The lowest BCUT2D eigenvalue weighted by Gasteiger charge is -2.41. The van der Waals surface area contributed by atoms with Gasteiger partial charge in [-0.25, -0.2) is 18.0 Å². The van der Waals surface area contributed by atoms with E-state index in [2.05, 4.69) is 4.98 Å². The van der Waals surface area contributed by atoms with Gasteiger partial charge in [-0.3, -0.25) is 9.36 Å². The Balaban J connectivity index is 1.60. The molecule has 0 saturated carbocycles. The minimum atomic E-state index is -4.62. The molecule has 2 aliphatic rings. The number of aromatic nitrogens is 2. The molecule has 1 fully saturated rings. The molecule has 2 aliphatic heterocycles. The minimum Gasteiger partial charge on any atom is -0.350 e. The molecular weight excluding hydrogens is 570 g/mol. The van der Waals surface area contributed by atoms with E-state index < -0.39 is 46.8 Å². The molecule has 1 aromatic heterocycles. The van der Waals surface area contributed by atoms with Crippen LogP contribution in [0.2, 0.25) is 5.02 Å². The molecule has 0 unspecified atom stereocenters. The van der Waals surface area contributed by atoms with Gasteiger partial charge in [-0.2, -0.15) is 18.2 Å². The molecule has 0 bridgehead atoms. The van der Waals surface area contributed by atoms with Crippen LogP contribution in [0.15, 0.2) is 40.0 Å². The van der Waals surface area contributed by atoms with E-state index in [1.165, 1.54) is 27.3 Å².